The maximum Gasteiger partial charge on any atom is 0.124 e. The van der Waals surface area contributed by atoms with E-state index < -0.39 is 0 Å². The summed E-state index contributed by atoms with van der Waals surface area (Å²) in [4.78, 5) is 2.09. The quantitative estimate of drug-likeness (QED) is 0.812. The standard InChI is InChI=1S/C15H19FN2/c1-18(11-12-5-3-2-4-6-12)15-8-7-14(16)9-13(15)10-17/h7-9,12H,2-6,11H2,1H3. The first kappa shape index (κ1) is 12.9. The second kappa shape index (κ2) is 5.86. The van der Waals surface area contributed by atoms with E-state index in [4.69, 9.17) is 5.26 Å². The van der Waals surface area contributed by atoms with Crippen LogP contribution in [0.2, 0.25) is 0 Å². The second-order valence-corrected chi connectivity index (χ2v) is 5.16. The monoisotopic (exact) mass is 246 g/mol. The van der Waals surface area contributed by atoms with Crippen LogP contribution in [0.5, 0.6) is 0 Å². The normalized spacial score (nSPS) is 16.3. The molecule has 0 aliphatic heterocycles. The lowest BCUT2D eigenvalue weighted by atomic mass is 9.89. The van der Waals surface area contributed by atoms with E-state index in [0.29, 0.717) is 11.5 Å². The molecular weight excluding hydrogens is 227 g/mol. The molecule has 96 valence electrons. The Morgan fingerprint density at radius 1 is 1.33 bits per heavy atom. The van der Waals surface area contributed by atoms with E-state index in [-0.39, 0.29) is 5.82 Å². The number of anilines is 1. The van der Waals surface area contributed by atoms with Gasteiger partial charge in [0.2, 0.25) is 0 Å². The lowest BCUT2D eigenvalue weighted by Gasteiger charge is -2.28. The maximum absolute atomic E-state index is 13.1. The van der Waals surface area contributed by atoms with Gasteiger partial charge in [-0.15, -0.1) is 0 Å². The van der Waals surface area contributed by atoms with Crippen LogP contribution in [0.1, 0.15) is 37.7 Å². The third-order valence-electron chi connectivity index (χ3n) is 3.75. The van der Waals surface area contributed by atoms with Gasteiger partial charge < -0.3 is 4.90 Å². The number of hydrogen-bond acceptors (Lipinski definition) is 2. The lowest BCUT2D eigenvalue weighted by Crippen LogP contribution is -2.27. The fraction of sp³-hybridized carbons (Fsp3) is 0.533. The van der Waals surface area contributed by atoms with Crippen LogP contribution in [0.25, 0.3) is 0 Å². The molecule has 2 rings (SSSR count). The van der Waals surface area contributed by atoms with Gasteiger partial charge in [0.25, 0.3) is 0 Å². The van der Waals surface area contributed by atoms with Gasteiger partial charge in [0, 0.05) is 13.6 Å². The number of benzene rings is 1. The smallest absolute Gasteiger partial charge is 0.124 e. The van der Waals surface area contributed by atoms with Crippen LogP contribution in [0.4, 0.5) is 10.1 Å². The molecule has 0 bridgehead atoms. The summed E-state index contributed by atoms with van der Waals surface area (Å²) in [6, 6.07) is 6.51. The predicted molar refractivity (Wildman–Crippen MR) is 71.0 cm³/mol. The number of nitrogens with zero attached hydrogens (tertiary/aromatic N) is 2. The Hall–Kier alpha value is -1.56. The average Bonchev–Trinajstić information content (AvgIpc) is 2.39. The molecule has 1 saturated carbocycles. The molecule has 1 aliphatic carbocycles. The van der Waals surface area contributed by atoms with Crippen LogP contribution in [0, 0.1) is 23.1 Å². The molecule has 0 radical (unpaired) electrons. The third kappa shape index (κ3) is 3.01. The third-order valence-corrected chi connectivity index (χ3v) is 3.75. The van der Waals surface area contributed by atoms with Gasteiger partial charge in [-0.05, 0) is 37.0 Å². The Morgan fingerprint density at radius 2 is 2.06 bits per heavy atom. The summed E-state index contributed by atoms with van der Waals surface area (Å²) in [6.45, 7) is 0.959. The van der Waals surface area contributed by atoms with Crippen molar-refractivity contribution in [3.63, 3.8) is 0 Å². The molecular formula is C15H19FN2. The Balaban J connectivity index is 2.08. The molecule has 0 unspecified atom stereocenters. The molecule has 2 nitrogen and oxygen atoms in total. The topological polar surface area (TPSA) is 27.0 Å². The van der Waals surface area contributed by atoms with Crippen molar-refractivity contribution in [3.05, 3.63) is 29.6 Å². The van der Waals surface area contributed by atoms with Crippen molar-refractivity contribution in [2.45, 2.75) is 32.1 Å². The highest BCUT2D eigenvalue weighted by Crippen LogP contribution is 2.27. The van der Waals surface area contributed by atoms with Gasteiger partial charge in [-0.25, -0.2) is 4.39 Å². The lowest BCUT2D eigenvalue weighted by molar-refractivity contribution is 0.362. The fourth-order valence-corrected chi connectivity index (χ4v) is 2.79. The summed E-state index contributed by atoms with van der Waals surface area (Å²) < 4.78 is 13.1. The number of halogens is 1. The summed E-state index contributed by atoms with van der Waals surface area (Å²) in [6.07, 6.45) is 6.51. The Morgan fingerprint density at radius 3 is 2.72 bits per heavy atom. The van der Waals surface area contributed by atoms with E-state index >= 15 is 0 Å². The number of rotatable bonds is 3. The van der Waals surface area contributed by atoms with Crippen LogP contribution in [-0.4, -0.2) is 13.6 Å². The molecule has 0 saturated heterocycles. The molecule has 0 atom stereocenters. The zero-order chi connectivity index (χ0) is 13.0. The first-order valence-electron chi connectivity index (χ1n) is 6.61. The van der Waals surface area contributed by atoms with E-state index in [1.165, 1.54) is 44.2 Å². The molecule has 1 aromatic carbocycles. The predicted octanol–water partition coefficient (Wildman–Crippen LogP) is 3.71. The van der Waals surface area contributed by atoms with Crippen LogP contribution < -0.4 is 4.90 Å². The van der Waals surface area contributed by atoms with Gasteiger partial charge in [-0.1, -0.05) is 19.3 Å². The minimum atomic E-state index is -0.346. The van der Waals surface area contributed by atoms with E-state index in [0.717, 1.165) is 12.2 Å². The first-order valence-corrected chi connectivity index (χ1v) is 6.61. The molecule has 1 fully saturated rings. The zero-order valence-corrected chi connectivity index (χ0v) is 10.8. The highest BCUT2D eigenvalue weighted by atomic mass is 19.1. The van der Waals surface area contributed by atoms with Crippen LogP contribution in [0.15, 0.2) is 18.2 Å². The van der Waals surface area contributed by atoms with Crippen LogP contribution in [0.3, 0.4) is 0 Å². The van der Waals surface area contributed by atoms with Crippen molar-refractivity contribution in [2.24, 2.45) is 5.92 Å². The SMILES string of the molecule is CN(CC1CCCCC1)c1ccc(F)cc1C#N. The van der Waals surface area contributed by atoms with Crippen molar-refractivity contribution >= 4 is 5.69 Å². The molecule has 0 amide bonds. The molecule has 0 aromatic heterocycles. The first-order chi connectivity index (χ1) is 8.70. The number of nitriles is 1. The maximum atomic E-state index is 13.1. The van der Waals surface area contributed by atoms with Crippen LogP contribution >= 0.6 is 0 Å². The van der Waals surface area contributed by atoms with E-state index in [1.54, 1.807) is 6.07 Å². The highest BCUT2D eigenvalue weighted by Gasteiger charge is 2.17. The van der Waals surface area contributed by atoms with Crippen molar-refractivity contribution in [1.29, 1.82) is 5.26 Å². The molecule has 0 spiro atoms. The van der Waals surface area contributed by atoms with Crippen molar-refractivity contribution in [1.82, 2.24) is 0 Å². The summed E-state index contributed by atoms with van der Waals surface area (Å²) in [5, 5.41) is 9.05. The van der Waals surface area contributed by atoms with Gasteiger partial charge in [-0.2, -0.15) is 5.26 Å². The molecule has 0 heterocycles. The fourth-order valence-electron chi connectivity index (χ4n) is 2.79. The average molecular weight is 246 g/mol. The Labute approximate surface area is 108 Å². The molecule has 3 heteroatoms. The van der Waals surface area contributed by atoms with Crippen molar-refractivity contribution < 1.29 is 4.39 Å². The Bertz CT molecular complexity index is 444. The van der Waals surface area contributed by atoms with Gasteiger partial charge >= 0.3 is 0 Å². The number of hydrogen-bond donors (Lipinski definition) is 0. The molecule has 1 aromatic rings. The second-order valence-electron chi connectivity index (χ2n) is 5.16. The van der Waals surface area contributed by atoms with Gasteiger partial charge in [0.05, 0.1) is 11.3 Å². The van der Waals surface area contributed by atoms with Gasteiger partial charge in [-0.3, -0.25) is 0 Å². The summed E-state index contributed by atoms with van der Waals surface area (Å²) >= 11 is 0. The summed E-state index contributed by atoms with van der Waals surface area (Å²) in [7, 11) is 1.99. The van der Waals surface area contributed by atoms with Crippen molar-refractivity contribution in [2.75, 3.05) is 18.5 Å². The molecule has 0 N–H and O–H groups in total. The van der Waals surface area contributed by atoms with Gasteiger partial charge in [0.1, 0.15) is 11.9 Å². The minimum Gasteiger partial charge on any atom is -0.373 e. The van der Waals surface area contributed by atoms with E-state index in [1.807, 2.05) is 7.05 Å². The highest BCUT2D eigenvalue weighted by molar-refractivity contribution is 5.58. The van der Waals surface area contributed by atoms with Crippen LogP contribution in [-0.2, 0) is 0 Å². The summed E-state index contributed by atoms with van der Waals surface area (Å²) in [5.41, 5.74) is 1.26. The largest absolute Gasteiger partial charge is 0.373 e. The van der Waals surface area contributed by atoms with Gasteiger partial charge in [0.15, 0.2) is 0 Å². The van der Waals surface area contributed by atoms with E-state index in [9.17, 15) is 4.39 Å². The summed E-state index contributed by atoms with van der Waals surface area (Å²) in [5.74, 6) is 0.363. The molecule has 18 heavy (non-hydrogen) atoms. The zero-order valence-electron chi connectivity index (χ0n) is 10.8. The van der Waals surface area contributed by atoms with E-state index in [2.05, 4.69) is 11.0 Å². The van der Waals surface area contributed by atoms with Crippen molar-refractivity contribution in [3.8, 4) is 6.07 Å². The minimum absolute atomic E-state index is 0.346. The Kier molecular flexibility index (Phi) is 4.19. The molecule has 1 aliphatic rings.